The van der Waals surface area contributed by atoms with Crippen LogP contribution in [-0.4, -0.2) is 212 Å². The first-order chi connectivity index (χ1) is 45.6. The number of nitrogens with one attached hydrogen (secondary N) is 12. The van der Waals surface area contributed by atoms with Crippen LogP contribution in [0.2, 0.25) is 0 Å². The van der Waals surface area contributed by atoms with Crippen LogP contribution in [0.5, 0.6) is 0 Å². The van der Waals surface area contributed by atoms with Gasteiger partial charge in [-0.1, -0.05) is 60.7 Å². The maximum atomic E-state index is 14.1. The lowest BCUT2D eigenvalue weighted by atomic mass is 10.0. The molecule has 534 valence electrons. The highest BCUT2D eigenvalue weighted by molar-refractivity contribution is 5.98. The molecular formula is C60H100N22O14. The second kappa shape index (κ2) is 45.7. The number of carbonyl (C=O) groups excluding carboxylic acids is 12. The topological polar surface area (TPSA) is 623 Å². The van der Waals surface area contributed by atoms with E-state index in [2.05, 4.69) is 73.8 Å². The summed E-state index contributed by atoms with van der Waals surface area (Å²) in [5.41, 5.74) is 46.3. The minimum Gasteiger partial charge on any atom is -0.394 e. The Hall–Kier alpha value is -9.62. The summed E-state index contributed by atoms with van der Waals surface area (Å²) in [7, 11) is 0. The van der Waals surface area contributed by atoms with Crippen molar-refractivity contribution in [2.24, 2.45) is 55.9 Å². The van der Waals surface area contributed by atoms with Gasteiger partial charge in [-0.05, 0) is 109 Å². The quantitative estimate of drug-likeness (QED) is 0.0127. The van der Waals surface area contributed by atoms with Gasteiger partial charge in [0.15, 0.2) is 11.9 Å². The summed E-state index contributed by atoms with van der Waals surface area (Å²) in [6.07, 6.45) is 0.0324. The fourth-order valence-corrected chi connectivity index (χ4v) is 9.07. The van der Waals surface area contributed by atoms with Gasteiger partial charge < -0.3 is 115 Å². The fraction of sp³-hybridized carbons (Fsp3) is 0.567. The molecule has 36 heteroatoms. The van der Waals surface area contributed by atoms with E-state index in [9.17, 15) is 67.7 Å². The lowest BCUT2D eigenvalue weighted by Crippen LogP contribution is -2.60. The molecule has 30 N–H and O–H groups in total. The first kappa shape index (κ1) is 82.5. The second-order valence-corrected chi connectivity index (χ2v) is 22.6. The number of aliphatic hydroxyl groups is 2. The van der Waals surface area contributed by atoms with Crippen molar-refractivity contribution in [1.29, 1.82) is 0 Å². The van der Waals surface area contributed by atoms with Crippen LogP contribution in [0.4, 0.5) is 0 Å². The monoisotopic (exact) mass is 1350 g/mol. The maximum Gasteiger partial charge on any atom is 0.245 e. The normalized spacial score (nSPS) is 14.3. The number of carbonyl (C=O) groups is 12. The number of unbranched alkanes of at least 4 members (excludes halogenated alkanes) is 2. The van der Waals surface area contributed by atoms with Crippen molar-refractivity contribution in [1.82, 2.24) is 63.8 Å². The van der Waals surface area contributed by atoms with Gasteiger partial charge >= 0.3 is 0 Å². The van der Waals surface area contributed by atoms with E-state index in [0.717, 1.165) is 5.56 Å². The van der Waals surface area contributed by atoms with Gasteiger partial charge in [0.25, 0.3) is 0 Å². The van der Waals surface area contributed by atoms with Crippen molar-refractivity contribution in [3.63, 3.8) is 0 Å². The van der Waals surface area contributed by atoms with Gasteiger partial charge in [-0.25, -0.2) is 0 Å². The minimum absolute atomic E-state index is 0.0164. The van der Waals surface area contributed by atoms with Crippen molar-refractivity contribution in [2.75, 3.05) is 52.4 Å². The summed E-state index contributed by atoms with van der Waals surface area (Å²) < 4.78 is 0. The lowest BCUT2D eigenvalue weighted by molar-refractivity contribution is -0.136. The summed E-state index contributed by atoms with van der Waals surface area (Å²) in [5, 5.41) is 50.8. The molecule has 0 saturated carbocycles. The molecule has 0 spiro atoms. The van der Waals surface area contributed by atoms with Crippen LogP contribution in [0.15, 0.2) is 70.6 Å². The van der Waals surface area contributed by atoms with Crippen LogP contribution in [0.1, 0.15) is 96.1 Å². The molecule has 2 aromatic carbocycles. The predicted molar refractivity (Wildman–Crippen MR) is 355 cm³/mol. The molecule has 0 unspecified atom stereocenters. The Balaban J connectivity index is 2.18. The molecule has 2 aromatic rings. The van der Waals surface area contributed by atoms with Crippen LogP contribution < -0.4 is 110 Å². The Morgan fingerprint density at radius 2 is 0.833 bits per heavy atom. The minimum atomic E-state index is -1.72. The molecule has 0 bridgehead atoms. The molecule has 0 saturated heterocycles. The average molecular weight is 1350 g/mol. The molecule has 0 aliphatic rings. The maximum absolute atomic E-state index is 14.1. The summed E-state index contributed by atoms with van der Waals surface area (Å²) in [4.78, 5) is 169. The number of guanidine groups is 2. The zero-order valence-electron chi connectivity index (χ0n) is 54.6. The van der Waals surface area contributed by atoms with Gasteiger partial charge in [0.1, 0.15) is 54.4 Å². The molecule has 11 atom stereocenters. The van der Waals surface area contributed by atoms with E-state index < -0.39 is 157 Å². The molecule has 2 rings (SSSR count). The van der Waals surface area contributed by atoms with E-state index in [0.29, 0.717) is 37.8 Å². The van der Waals surface area contributed by atoms with Crippen molar-refractivity contribution >= 4 is 82.8 Å². The Kier molecular flexibility index (Phi) is 39.2. The van der Waals surface area contributed by atoms with E-state index >= 15 is 0 Å². The highest BCUT2D eigenvalue weighted by Gasteiger charge is 2.34. The van der Waals surface area contributed by atoms with Crippen molar-refractivity contribution in [2.45, 2.75) is 164 Å². The van der Waals surface area contributed by atoms with Gasteiger partial charge in [-0.15, -0.1) is 0 Å². The van der Waals surface area contributed by atoms with E-state index in [1.54, 1.807) is 30.3 Å². The number of hydrogen-bond donors (Lipinski definition) is 22. The zero-order valence-corrected chi connectivity index (χ0v) is 54.6. The number of amides is 12. The van der Waals surface area contributed by atoms with Crippen LogP contribution in [0, 0.1) is 0 Å². The highest BCUT2D eigenvalue weighted by Crippen LogP contribution is 2.10. The fourth-order valence-electron chi connectivity index (χ4n) is 9.07. The van der Waals surface area contributed by atoms with Crippen LogP contribution in [0.3, 0.4) is 0 Å². The SMILES string of the molecule is C[C@H](NC(=O)CNC(=O)[C@@H](NC(=O)[C@H](Cc1ccccc1)NC(=O)CNC(=O)CN[C@@H](N)Cc1ccccc1)[C@@H](C)O)C(=O)N[C@@H](CCCN=C(N)N)C(=O)N[C@@H](CCCCN)C(=O)N[C@@H](CO)C(=O)N[C@@H](C)C(=O)N[C@@H](CCCN=C(N)N)C(=O)N[C@@H](CCCCN)C(N)=O. The molecule has 12 amide bonds. The van der Waals surface area contributed by atoms with Crippen molar-refractivity contribution in [3.8, 4) is 0 Å². The van der Waals surface area contributed by atoms with E-state index in [1.807, 2.05) is 30.3 Å². The number of aliphatic hydroxyl groups excluding tert-OH is 2. The summed E-state index contributed by atoms with van der Waals surface area (Å²) in [5.74, 6) is -11.1. The largest absolute Gasteiger partial charge is 0.394 e. The van der Waals surface area contributed by atoms with Crippen molar-refractivity contribution in [3.05, 3.63) is 71.8 Å². The van der Waals surface area contributed by atoms with E-state index in [4.69, 9.17) is 45.9 Å². The van der Waals surface area contributed by atoms with Gasteiger partial charge in [0, 0.05) is 25.9 Å². The Morgan fingerprint density at radius 1 is 0.427 bits per heavy atom. The third-order valence-electron chi connectivity index (χ3n) is 14.4. The number of rotatable bonds is 47. The third kappa shape index (κ3) is 34.0. The molecule has 36 nitrogen and oxygen atoms in total. The molecule has 0 radical (unpaired) electrons. The first-order valence-electron chi connectivity index (χ1n) is 31.5. The summed E-state index contributed by atoms with van der Waals surface area (Å²) >= 11 is 0. The van der Waals surface area contributed by atoms with Crippen LogP contribution in [-0.2, 0) is 70.4 Å². The van der Waals surface area contributed by atoms with Crippen LogP contribution in [0.25, 0.3) is 0 Å². The van der Waals surface area contributed by atoms with Gasteiger partial charge in [-0.3, -0.25) is 72.8 Å². The summed E-state index contributed by atoms with van der Waals surface area (Å²) in [6, 6.07) is 5.02. The average Bonchev–Trinajstić information content (AvgIpc) is 0.904. The standard InChI is InChI=1S/C60H100N22O14/c1-34(74-47(86)32-73-58(96)49(36(3)84)82-56(94)43(28-37-16-6-4-7-17-37)76-48(87)31-72-46(85)30-71-45(63)29-38-18-8-5-9-19-38)51(89)78-42(23-15-27-70-60(67)68)54(92)80-40(21-11-13-25-62)55(93)81-44(33-83)57(95)75-35(2)52(90)79-41(22-14-26-69-59(65)66)53(91)77-39(50(64)88)20-10-12-24-61/h4-9,16-19,34-36,39-45,49,71,83-84H,10-15,20-33,61-63H2,1-3H3,(H2,64,88)(H,72,85)(H,73,96)(H,74,86)(H,75,95)(H,76,87)(H,77,91)(H,78,89)(H,79,90)(H,80,92)(H,81,93)(H,82,94)(H4,65,66,69)(H4,67,68,70)/t34-,35-,36+,39-,40-,41-,42-,43-,44-,45+,49-/m0/s1. The zero-order chi connectivity index (χ0) is 71.7. The third-order valence-corrected chi connectivity index (χ3v) is 14.4. The Bertz CT molecular complexity index is 2880. The van der Waals surface area contributed by atoms with Crippen molar-refractivity contribution < 1.29 is 67.7 Å². The number of primary amides is 1. The first-order valence-corrected chi connectivity index (χ1v) is 31.5. The summed E-state index contributed by atoms with van der Waals surface area (Å²) in [6.45, 7) is 1.71. The smallest absolute Gasteiger partial charge is 0.245 e. The molecular weight excluding hydrogens is 1250 g/mol. The number of nitrogens with two attached hydrogens (primary N) is 8. The molecule has 0 aliphatic heterocycles. The second-order valence-electron chi connectivity index (χ2n) is 22.6. The predicted octanol–water partition coefficient (Wildman–Crippen LogP) is -8.79. The lowest BCUT2D eigenvalue weighted by Gasteiger charge is -2.26. The number of benzene rings is 2. The Morgan fingerprint density at radius 3 is 1.30 bits per heavy atom. The number of nitrogens with zero attached hydrogens (tertiary/aromatic N) is 2. The highest BCUT2D eigenvalue weighted by atomic mass is 16.3. The number of hydrogen-bond acceptors (Lipinski definition) is 20. The van der Waals surface area contributed by atoms with Gasteiger partial charge in [-0.2, -0.15) is 0 Å². The van der Waals surface area contributed by atoms with Gasteiger partial charge in [0.2, 0.25) is 70.9 Å². The molecule has 0 heterocycles. The molecule has 96 heavy (non-hydrogen) atoms. The molecule has 0 aliphatic carbocycles. The van der Waals surface area contributed by atoms with E-state index in [-0.39, 0.29) is 89.5 Å². The van der Waals surface area contributed by atoms with Gasteiger partial charge in [0.05, 0.1) is 38.5 Å². The molecule has 0 aromatic heterocycles. The Labute approximate surface area is 557 Å². The van der Waals surface area contributed by atoms with E-state index in [1.165, 1.54) is 20.8 Å². The molecule has 0 fully saturated rings. The number of aliphatic imine (C=N–C) groups is 2. The van der Waals surface area contributed by atoms with Crippen LogP contribution >= 0.6 is 0 Å².